The van der Waals surface area contributed by atoms with Crippen LogP contribution in [0.5, 0.6) is 0 Å². The van der Waals surface area contributed by atoms with Gasteiger partial charge in [0.05, 0.1) is 10.6 Å². The van der Waals surface area contributed by atoms with Gasteiger partial charge in [0.1, 0.15) is 5.82 Å². The van der Waals surface area contributed by atoms with Crippen molar-refractivity contribution in [2.45, 2.75) is 0 Å². The second-order valence-corrected chi connectivity index (χ2v) is 3.86. The van der Waals surface area contributed by atoms with Crippen molar-refractivity contribution in [2.24, 2.45) is 0 Å². The molecule has 1 aromatic heterocycles. The Labute approximate surface area is 106 Å². The van der Waals surface area contributed by atoms with Crippen molar-refractivity contribution < 1.29 is 13.6 Å². The first-order valence-corrected chi connectivity index (χ1v) is 5.32. The third-order valence-corrected chi connectivity index (χ3v) is 2.46. The first kappa shape index (κ1) is 12.4. The summed E-state index contributed by atoms with van der Waals surface area (Å²) in [5.41, 5.74) is 0.535. The number of nitrogens with one attached hydrogen (secondary N) is 1. The van der Waals surface area contributed by atoms with Crippen LogP contribution >= 0.6 is 11.6 Å². The van der Waals surface area contributed by atoms with Gasteiger partial charge in [-0.3, -0.25) is 4.79 Å². The fourth-order valence-electron chi connectivity index (χ4n) is 1.29. The molecule has 6 heteroatoms. The van der Waals surface area contributed by atoms with Crippen molar-refractivity contribution in [1.82, 2.24) is 4.98 Å². The molecule has 0 aliphatic rings. The molecule has 18 heavy (non-hydrogen) atoms. The van der Waals surface area contributed by atoms with Gasteiger partial charge in [-0.25, -0.2) is 9.37 Å². The normalized spacial score (nSPS) is 10.2. The minimum absolute atomic E-state index is 0.0926. The van der Waals surface area contributed by atoms with Crippen LogP contribution in [0.2, 0.25) is 5.02 Å². The summed E-state index contributed by atoms with van der Waals surface area (Å²) in [4.78, 5) is 15.1. The van der Waals surface area contributed by atoms with Crippen molar-refractivity contribution in [3.8, 4) is 0 Å². The Balaban J connectivity index is 2.16. The Morgan fingerprint density at radius 3 is 2.61 bits per heavy atom. The van der Waals surface area contributed by atoms with E-state index in [2.05, 4.69) is 10.3 Å². The van der Waals surface area contributed by atoms with E-state index in [1.165, 1.54) is 18.2 Å². The van der Waals surface area contributed by atoms with Gasteiger partial charge in [-0.15, -0.1) is 0 Å². The zero-order valence-corrected chi connectivity index (χ0v) is 9.71. The van der Waals surface area contributed by atoms with Gasteiger partial charge in [-0.05, 0) is 30.3 Å². The number of carbonyl (C=O) groups is 1. The van der Waals surface area contributed by atoms with Gasteiger partial charge in [-0.1, -0.05) is 11.6 Å². The third-order valence-electron chi connectivity index (χ3n) is 2.17. The molecule has 0 bridgehead atoms. The molecule has 1 heterocycles. The molecular weight excluding hydrogens is 262 g/mol. The average molecular weight is 269 g/mol. The summed E-state index contributed by atoms with van der Waals surface area (Å²) >= 11 is 5.58. The highest BCUT2D eigenvalue weighted by Crippen LogP contribution is 2.19. The predicted octanol–water partition coefficient (Wildman–Crippen LogP) is 3.27. The smallest absolute Gasteiger partial charge is 0.257 e. The summed E-state index contributed by atoms with van der Waals surface area (Å²) in [7, 11) is 0. The molecule has 0 saturated carbocycles. The van der Waals surface area contributed by atoms with Gasteiger partial charge in [-0.2, -0.15) is 4.39 Å². The lowest BCUT2D eigenvalue weighted by atomic mass is 10.2. The molecule has 3 nitrogen and oxygen atoms in total. The van der Waals surface area contributed by atoms with E-state index in [0.29, 0.717) is 5.69 Å². The maximum atomic E-state index is 12.9. The first-order valence-electron chi connectivity index (χ1n) is 4.94. The average Bonchev–Trinajstić information content (AvgIpc) is 2.34. The maximum Gasteiger partial charge on any atom is 0.257 e. The monoisotopic (exact) mass is 268 g/mol. The van der Waals surface area contributed by atoms with Gasteiger partial charge in [0.15, 0.2) is 0 Å². The highest BCUT2D eigenvalue weighted by molar-refractivity contribution is 6.31. The molecule has 2 aromatic rings. The van der Waals surface area contributed by atoms with Crippen molar-refractivity contribution in [2.75, 3.05) is 5.32 Å². The number of aromatic nitrogens is 1. The molecule has 2 rings (SSSR count). The standard InChI is InChI=1S/C12H7ClF2N2O/c13-9-5-8(2-3-10(9)14)17-12(18)7-1-4-11(15)16-6-7/h1-6H,(H,17,18). The predicted molar refractivity (Wildman–Crippen MR) is 63.6 cm³/mol. The van der Waals surface area contributed by atoms with Gasteiger partial charge < -0.3 is 5.32 Å². The van der Waals surface area contributed by atoms with Crippen LogP contribution < -0.4 is 5.32 Å². The lowest BCUT2D eigenvalue weighted by Gasteiger charge is -2.05. The largest absolute Gasteiger partial charge is 0.322 e. The van der Waals surface area contributed by atoms with Crippen LogP contribution in [-0.4, -0.2) is 10.9 Å². The summed E-state index contributed by atoms with van der Waals surface area (Å²) in [6, 6.07) is 6.16. The minimum Gasteiger partial charge on any atom is -0.322 e. The molecule has 1 amide bonds. The van der Waals surface area contributed by atoms with E-state index in [1.807, 2.05) is 0 Å². The van der Waals surface area contributed by atoms with Gasteiger partial charge >= 0.3 is 0 Å². The first-order chi connectivity index (χ1) is 8.56. The lowest BCUT2D eigenvalue weighted by molar-refractivity contribution is 0.102. The second-order valence-electron chi connectivity index (χ2n) is 3.45. The number of hydrogen-bond acceptors (Lipinski definition) is 2. The molecule has 0 aliphatic carbocycles. The van der Waals surface area contributed by atoms with E-state index < -0.39 is 17.7 Å². The second kappa shape index (κ2) is 5.10. The summed E-state index contributed by atoms with van der Waals surface area (Å²) < 4.78 is 25.5. The zero-order chi connectivity index (χ0) is 13.1. The number of carbonyl (C=O) groups excluding carboxylic acids is 1. The third kappa shape index (κ3) is 2.81. The summed E-state index contributed by atoms with van der Waals surface area (Å²) in [6.07, 6.45) is 1.11. The molecule has 0 radical (unpaired) electrons. The van der Waals surface area contributed by atoms with E-state index in [-0.39, 0.29) is 10.6 Å². The Bertz CT molecular complexity index is 587. The minimum atomic E-state index is -0.670. The number of pyridine rings is 1. The number of amides is 1. The van der Waals surface area contributed by atoms with Crippen LogP contribution in [0.1, 0.15) is 10.4 Å². The lowest BCUT2D eigenvalue weighted by Crippen LogP contribution is -2.12. The molecule has 92 valence electrons. The maximum absolute atomic E-state index is 12.9. The van der Waals surface area contributed by atoms with E-state index in [1.54, 1.807) is 0 Å². The van der Waals surface area contributed by atoms with Crippen LogP contribution in [-0.2, 0) is 0 Å². The highest BCUT2D eigenvalue weighted by Gasteiger charge is 2.08. The van der Waals surface area contributed by atoms with Crippen LogP contribution in [0.3, 0.4) is 0 Å². The SMILES string of the molecule is O=C(Nc1ccc(F)c(Cl)c1)c1ccc(F)nc1. The number of anilines is 1. The number of benzene rings is 1. The fourth-order valence-corrected chi connectivity index (χ4v) is 1.47. The van der Waals surface area contributed by atoms with Crippen molar-refractivity contribution in [3.63, 3.8) is 0 Å². The van der Waals surface area contributed by atoms with E-state index in [9.17, 15) is 13.6 Å². The summed E-state index contributed by atoms with van der Waals surface area (Å²) in [5, 5.41) is 2.40. The molecule has 1 aromatic carbocycles. The van der Waals surface area contributed by atoms with Gasteiger partial charge in [0.2, 0.25) is 5.95 Å². The van der Waals surface area contributed by atoms with E-state index in [0.717, 1.165) is 18.3 Å². The van der Waals surface area contributed by atoms with Crippen molar-refractivity contribution in [1.29, 1.82) is 0 Å². The number of rotatable bonds is 2. The molecule has 1 N–H and O–H groups in total. The quantitative estimate of drug-likeness (QED) is 0.850. The van der Waals surface area contributed by atoms with Crippen LogP contribution in [0.4, 0.5) is 14.5 Å². The molecule has 0 unspecified atom stereocenters. The van der Waals surface area contributed by atoms with Crippen molar-refractivity contribution >= 4 is 23.2 Å². The van der Waals surface area contributed by atoms with Crippen LogP contribution in [0, 0.1) is 11.8 Å². The Hall–Kier alpha value is -2.01. The zero-order valence-electron chi connectivity index (χ0n) is 8.95. The van der Waals surface area contributed by atoms with Crippen LogP contribution in [0.25, 0.3) is 0 Å². The molecule has 0 saturated heterocycles. The Morgan fingerprint density at radius 1 is 1.22 bits per heavy atom. The van der Waals surface area contributed by atoms with Gasteiger partial charge in [0, 0.05) is 11.9 Å². The number of nitrogens with zero attached hydrogens (tertiary/aromatic N) is 1. The summed E-state index contributed by atoms with van der Waals surface area (Å²) in [6.45, 7) is 0. The molecule has 0 spiro atoms. The molecule has 0 fully saturated rings. The molecule has 0 aliphatic heterocycles. The topological polar surface area (TPSA) is 42.0 Å². The van der Waals surface area contributed by atoms with E-state index >= 15 is 0 Å². The van der Waals surface area contributed by atoms with Gasteiger partial charge in [0.25, 0.3) is 5.91 Å². The summed E-state index contributed by atoms with van der Waals surface area (Å²) in [5.74, 6) is -1.72. The molecular formula is C12H7ClF2N2O. The Morgan fingerprint density at radius 2 is 2.00 bits per heavy atom. The number of hydrogen-bond donors (Lipinski definition) is 1. The fraction of sp³-hybridized carbons (Fsp3) is 0. The molecule has 0 atom stereocenters. The Kier molecular flexibility index (Phi) is 3.53. The van der Waals surface area contributed by atoms with Crippen LogP contribution in [0.15, 0.2) is 36.5 Å². The van der Waals surface area contributed by atoms with Crippen molar-refractivity contribution in [3.05, 3.63) is 58.9 Å². The highest BCUT2D eigenvalue weighted by atomic mass is 35.5. The van der Waals surface area contributed by atoms with E-state index in [4.69, 9.17) is 11.6 Å². The number of halogens is 3.